The Kier molecular flexibility index (Phi) is 7.84. The summed E-state index contributed by atoms with van der Waals surface area (Å²) in [5, 5.41) is 3.97. The molecule has 3 nitrogen and oxygen atoms in total. The number of unbranched alkanes of at least 4 members (excludes halogenated alkanes) is 2. The highest BCUT2D eigenvalue weighted by atomic mass is 35.5. The van der Waals surface area contributed by atoms with Crippen LogP contribution in [0.4, 0.5) is 0 Å². The summed E-state index contributed by atoms with van der Waals surface area (Å²) in [6.45, 7) is 9.01. The predicted molar refractivity (Wildman–Crippen MR) is 80.8 cm³/mol. The highest BCUT2D eigenvalue weighted by Gasteiger charge is 2.05. The second kappa shape index (κ2) is 9.16. The molecule has 0 radical (unpaired) electrons. The smallest absolute Gasteiger partial charge is 0.232 e. The number of ether oxygens (including phenoxy) is 1. The number of pyridine rings is 1. The van der Waals surface area contributed by atoms with Gasteiger partial charge in [0.15, 0.2) is 0 Å². The van der Waals surface area contributed by atoms with E-state index in [0.29, 0.717) is 23.4 Å². The van der Waals surface area contributed by atoms with Gasteiger partial charge in [-0.3, -0.25) is 0 Å². The van der Waals surface area contributed by atoms with Crippen molar-refractivity contribution < 1.29 is 4.74 Å². The average molecular weight is 285 g/mol. The Balaban J connectivity index is 2.40. The molecule has 0 atom stereocenters. The third-order valence-electron chi connectivity index (χ3n) is 2.73. The van der Waals surface area contributed by atoms with Crippen molar-refractivity contribution in [3.63, 3.8) is 0 Å². The lowest BCUT2D eigenvalue weighted by Gasteiger charge is -2.10. The van der Waals surface area contributed by atoms with Gasteiger partial charge in [0.2, 0.25) is 5.88 Å². The monoisotopic (exact) mass is 284 g/mol. The van der Waals surface area contributed by atoms with Gasteiger partial charge in [0.05, 0.1) is 6.61 Å². The first-order chi connectivity index (χ1) is 9.13. The van der Waals surface area contributed by atoms with Crippen molar-refractivity contribution in [2.24, 2.45) is 5.92 Å². The van der Waals surface area contributed by atoms with E-state index in [2.05, 4.69) is 31.1 Å². The molecule has 1 heterocycles. The second-order valence-electron chi connectivity index (χ2n) is 5.21. The molecule has 0 spiro atoms. The molecule has 0 fully saturated rings. The lowest BCUT2D eigenvalue weighted by Crippen LogP contribution is -2.19. The molecule has 0 aliphatic heterocycles. The van der Waals surface area contributed by atoms with Crippen LogP contribution in [0, 0.1) is 5.92 Å². The molecule has 0 aromatic carbocycles. The summed E-state index contributed by atoms with van der Waals surface area (Å²) in [4.78, 5) is 4.28. The molecule has 0 aliphatic rings. The first-order valence-electron chi connectivity index (χ1n) is 7.11. The van der Waals surface area contributed by atoms with Crippen LogP contribution in [0.5, 0.6) is 5.88 Å². The van der Waals surface area contributed by atoms with Crippen LogP contribution in [0.25, 0.3) is 0 Å². The number of halogens is 1. The first-order valence-corrected chi connectivity index (χ1v) is 7.49. The van der Waals surface area contributed by atoms with Crippen molar-refractivity contribution in [2.45, 2.75) is 46.6 Å². The summed E-state index contributed by atoms with van der Waals surface area (Å²) in [6.07, 6.45) is 5.24. The molecule has 0 unspecified atom stereocenters. The maximum atomic E-state index is 6.17. The summed E-state index contributed by atoms with van der Waals surface area (Å²) < 4.78 is 5.57. The molecule has 0 saturated heterocycles. The fourth-order valence-corrected chi connectivity index (χ4v) is 1.94. The minimum atomic E-state index is 0.547. The Labute approximate surface area is 121 Å². The Morgan fingerprint density at radius 1 is 1.37 bits per heavy atom. The molecule has 1 aromatic heterocycles. The van der Waals surface area contributed by atoms with E-state index in [0.717, 1.165) is 25.1 Å². The van der Waals surface area contributed by atoms with Gasteiger partial charge < -0.3 is 10.1 Å². The molecule has 19 heavy (non-hydrogen) atoms. The van der Waals surface area contributed by atoms with Crippen LogP contribution in [-0.4, -0.2) is 18.1 Å². The van der Waals surface area contributed by atoms with E-state index in [1.54, 1.807) is 0 Å². The van der Waals surface area contributed by atoms with Gasteiger partial charge in [-0.1, -0.05) is 45.2 Å². The molecule has 1 N–H and O–H groups in total. The maximum absolute atomic E-state index is 6.17. The number of rotatable bonds is 9. The average Bonchev–Trinajstić information content (AvgIpc) is 2.36. The van der Waals surface area contributed by atoms with Crippen LogP contribution < -0.4 is 10.1 Å². The minimum Gasteiger partial charge on any atom is -0.477 e. The molecule has 0 saturated carbocycles. The van der Waals surface area contributed by atoms with Gasteiger partial charge in [-0.15, -0.1) is 0 Å². The zero-order valence-electron chi connectivity index (χ0n) is 12.2. The Bertz CT molecular complexity index is 369. The Hall–Kier alpha value is -0.800. The molecular weight excluding hydrogens is 260 g/mol. The standard InChI is InChI=1S/C15H25ClN2O/c1-4-5-6-7-19-15-14(16)8-13(11-18-15)10-17-9-12(2)3/h8,11-12,17H,4-7,9-10H2,1-3H3. The van der Waals surface area contributed by atoms with Crippen LogP contribution in [0.3, 0.4) is 0 Å². The topological polar surface area (TPSA) is 34.1 Å². The lowest BCUT2D eigenvalue weighted by molar-refractivity contribution is 0.295. The van der Waals surface area contributed by atoms with Gasteiger partial charge in [-0.05, 0) is 30.5 Å². The van der Waals surface area contributed by atoms with E-state index in [-0.39, 0.29) is 0 Å². The van der Waals surface area contributed by atoms with E-state index in [4.69, 9.17) is 16.3 Å². The van der Waals surface area contributed by atoms with Crippen molar-refractivity contribution in [3.8, 4) is 5.88 Å². The lowest BCUT2D eigenvalue weighted by atomic mass is 10.2. The quantitative estimate of drug-likeness (QED) is 0.695. The highest BCUT2D eigenvalue weighted by molar-refractivity contribution is 6.31. The third kappa shape index (κ3) is 6.79. The summed E-state index contributed by atoms with van der Waals surface area (Å²) >= 11 is 6.17. The molecule has 0 aliphatic carbocycles. The van der Waals surface area contributed by atoms with Crippen molar-refractivity contribution in [2.75, 3.05) is 13.2 Å². The molecular formula is C15H25ClN2O. The molecule has 4 heteroatoms. The van der Waals surface area contributed by atoms with Crippen LogP contribution in [0.1, 0.15) is 45.6 Å². The van der Waals surface area contributed by atoms with Crippen molar-refractivity contribution in [3.05, 3.63) is 22.8 Å². The third-order valence-corrected chi connectivity index (χ3v) is 3.00. The van der Waals surface area contributed by atoms with Crippen molar-refractivity contribution in [1.82, 2.24) is 10.3 Å². The van der Waals surface area contributed by atoms with E-state index in [9.17, 15) is 0 Å². The van der Waals surface area contributed by atoms with E-state index in [1.807, 2.05) is 12.3 Å². The van der Waals surface area contributed by atoms with E-state index in [1.165, 1.54) is 12.8 Å². The maximum Gasteiger partial charge on any atom is 0.232 e. The Morgan fingerprint density at radius 3 is 2.79 bits per heavy atom. The Morgan fingerprint density at radius 2 is 2.16 bits per heavy atom. The summed E-state index contributed by atoms with van der Waals surface area (Å²) in [5.74, 6) is 1.19. The summed E-state index contributed by atoms with van der Waals surface area (Å²) in [7, 11) is 0. The van der Waals surface area contributed by atoms with Gasteiger partial charge >= 0.3 is 0 Å². The van der Waals surface area contributed by atoms with Gasteiger partial charge in [-0.2, -0.15) is 0 Å². The zero-order valence-corrected chi connectivity index (χ0v) is 13.0. The second-order valence-corrected chi connectivity index (χ2v) is 5.62. The van der Waals surface area contributed by atoms with Crippen molar-refractivity contribution in [1.29, 1.82) is 0 Å². The number of hydrogen-bond donors (Lipinski definition) is 1. The van der Waals surface area contributed by atoms with Crippen molar-refractivity contribution >= 4 is 11.6 Å². The summed E-state index contributed by atoms with van der Waals surface area (Å²) in [5.41, 5.74) is 1.09. The number of nitrogens with one attached hydrogen (secondary N) is 1. The molecule has 1 aromatic rings. The van der Waals surface area contributed by atoms with E-state index >= 15 is 0 Å². The van der Waals surface area contributed by atoms with Gasteiger partial charge in [0.25, 0.3) is 0 Å². The molecule has 0 bridgehead atoms. The van der Waals surface area contributed by atoms with Crippen LogP contribution in [0.2, 0.25) is 5.02 Å². The molecule has 0 amide bonds. The normalized spacial score (nSPS) is 11.0. The van der Waals surface area contributed by atoms with Crippen LogP contribution >= 0.6 is 11.6 Å². The van der Waals surface area contributed by atoms with Crippen LogP contribution in [-0.2, 0) is 6.54 Å². The number of aromatic nitrogens is 1. The van der Waals surface area contributed by atoms with E-state index < -0.39 is 0 Å². The predicted octanol–water partition coefficient (Wildman–Crippen LogP) is 4.05. The van der Waals surface area contributed by atoms with Gasteiger partial charge in [0.1, 0.15) is 5.02 Å². The number of hydrogen-bond acceptors (Lipinski definition) is 3. The number of nitrogens with zero attached hydrogens (tertiary/aromatic N) is 1. The minimum absolute atomic E-state index is 0.547. The highest BCUT2D eigenvalue weighted by Crippen LogP contribution is 2.22. The van der Waals surface area contributed by atoms with Gasteiger partial charge in [0, 0.05) is 12.7 Å². The fourth-order valence-electron chi connectivity index (χ4n) is 1.69. The van der Waals surface area contributed by atoms with Crippen LogP contribution in [0.15, 0.2) is 12.3 Å². The SMILES string of the molecule is CCCCCOc1ncc(CNCC(C)C)cc1Cl. The largest absolute Gasteiger partial charge is 0.477 e. The summed E-state index contributed by atoms with van der Waals surface area (Å²) in [6, 6.07) is 1.93. The fraction of sp³-hybridized carbons (Fsp3) is 0.667. The first kappa shape index (κ1) is 16.3. The zero-order chi connectivity index (χ0) is 14.1. The molecule has 1 rings (SSSR count). The molecule has 108 valence electrons. The van der Waals surface area contributed by atoms with Gasteiger partial charge in [-0.25, -0.2) is 4.98 Å².